The molecule has 0 fully saturated rings. The van der Waals surface area contributed by atoms with Crippen LogP contribution in [0, 0.1) is 11.3 Å². The minimum Gasteiger partial charge on any atom is -0.493 e. The highest BCUT2D eigenvalue weighted by atomic mass is 32.1. The minimum absolute atomic E-state index is 0.00432. The summed E-state index contributed by atoms with van der Waals surface area (Å²) in [5.74, 6) is 1.94. The normalized spacial score (nSPS) is 21.2. The fourth-order valence-corrected chi connectivity index (χ4v) is 5.69. The summed E-state index contributed by atoms with van der Waals surface area (Å²) in [4.78, 5) is 14.4. The molecular weight excluding hydrogens is 372 g/mol. The third-order valence-corrected chi connectivity index (χ3v) is 7.20. The zero-order valence-corrected chi connectivity index (χ0v) is 18.0. The first kappa shape index (κ1) is 19.1. The number of benzene rings is 1. The predicted molar refractivity (Wildman–Crippen MR) is 113 cm³/mol. The Hall–Kier alpha value is -2.21. The van der Waals surface area contributed by atoms with Crippen molar-refractivity contribution in [2.75, 3.05) is 19.5 Å². The molecule has 2 aromatic rings. The summed E-state index contributed by atoms with van der Waals surface area (Å²) in [5.41, 5.74) is 3.22. The van der Waals surface area contributed by atoms with Crippen molar-refractivity contribution in [3.8, 4) is 11.5 Å². The Balaban J connectivity index is 1.68. The highest BCUT2D eigenvalue weighted by molar-refractivity contribution is 7.16. The van der Waals surface area contributed by atoms with Crippen molar-refractivity contribution in [2.45, 2.75) is 46.2 Å². The van der Waals surface area contributed by atoms with E-state index in [-0.39, 0.29) is 17.5 Å². The van der Waals surface area contributed by atoms with E-state index >= 15 is 0 Å². The average molecular weight is 401 g/mol. The molecule has 0 spiro atoms. The van der Waals surface area contributed by atoms with E-state index in [2.05, 4.69) is 31.4 Å². The zero-order valence-electron chi connectivity index (χ0n) is 17.1. The maximum absolute atomic E-state index is 13.0. The summed E-state index contributed by atoms with van der Waals surface area (Å²) in [7, 11) is 3.24. The van der Waals surface area contributed by atoms with E-state index in [9.17, 15) is 4.79 Å². The van der Waals surface area contributed by atoms with Gasteiger partial charge in [0.1, 0.15) is 11.2 Å². The van der Waals surface area contributed by atoms with Gasteiger partial charge in [-0.25, -0.2) is 0 Å². The number of ether oxygens (including phenoxy) is 2. The standard InChI is InChI=1S/C22H28N2O3S/c1-22(2,3)12-9-10-13-16(11-12)28-21-17(13)20(25)23-19(24-21)14-7-6-8-15(26-4)18(14)27-5/h6-8,12,19,24H,9-11H2,1-5H3,(H,23,25)/t12-,19-/m1/s1. The van der Waals surface area contributed by atoms with Gasteiger partial charge in [-0.15, -0.1) is 11.3 Å². The predicted octanol–water partition coefficient (Wildman–Crippen LogP) is 4.77. The van der Waals surface area contributed by atoms with Crippen LogP contribution >= 0.6 is 11.3 Å². The van der Waals surface area contributed by atoms with Gasteiger partial charge < -0.3 is 20.1 Å². The van der Waals surface area contributed by atoms with Crippen LogP contribution in [0.5, 0.6) is 11.5 Å². The topological polar surface area (TPSA) is 59.6 Å². The highest BCUT2D eigenvalue weighted by Crippen LogP contribution is 2.47. The molecule has 0 saturated heterocycles. The lowest BCUT2D eigenvalue weighted by atomic mass is 9.72. The first-order valence-electron chi connectivity index (χ1n) is 9.76. The van der Waals surface area contributed by atoms with Gasteiger partial charge in [0.25, 0.3) is 5.91 Å². The Labute approximate surface area is 170 Å². The van der Waals surface area contributed by atoms with Crippen molar-refractivity contribution >= 4 is 22.2 Å². The highest BCUT2D eigenvalue weighted by Gasteiger charge is 2.37. The maximum Gasteiger partial charge on any atom is 0.256 e. The Kier molecular flexibility index (Phi) is 4.78. The second kappa shape index (κ2) is 6.99. The molecule has 0 saturated carbocycles. The number of carbonyl (C=O) groups is 1. The third-order valence-electron chi connectivity index (χ3n) is 6.01. The van der Waals surface area contributed by atoms with E-state index in [1.807, 2.05) is 18.2 Å². The number of methoxy groups -OCH3 is 2. The van der Waals surface area contributed by atoms with E-state index in [0.29, 0.717) is 17.4 Å². The summed E-state index contributed by atoms with van der Waals surface area (Å²) < 4.78 is 11.0. The minimum atomic E-state index is -0.344. The molecular formula is C22H28N2O3S. The van der Waals surface area contributed by atoms with Gasteiger partial charge in [-0.05, 0) is 42.2 Å². The van der Waals surface area contributed by atoms with Crippen LogP contribution < -0.4 is 20.1 Å². The lowest BCUT2D eigenvalue weighted by molar-refractivity contribution is 0.0934. The van der Waals surface area contributed by atoms with Crippen molar-refractivity contribution in [2.24, 2.45) is 11.3 Å². The second-order valence-corrected chi connectivity index (χ2v) is 9.75. The van der Waals surface area contributed by atoms with Gasteiger partial charge in [0.15, 0.2) is 11.5 Å². The summed E-state index contributed by atoms with van der Waals surface area (Å²) >= 11 is 1.74. The van der Waals surface area contributed by atoms with Crippen molar-refractivity contribution in [1.82, 2.24) is 5.32 Å². The number of para-hydroxylation sites is 1. The Morgan fingerprint density at radius 1 is 1.14 bits per heavy atom. The summed E-state index contributed by atoms with van der Waals surface area (Å²) in [6, 6.07) is 5.72. The number of fused-ring (bicyclic) bond motifs is 3. The van der Waals surface area contributed by atoms with Crippen LogP contribution in [0.4, 0.5) is 5.00 Å². The largest absolute Gasteiger partial charge is 0.493 e. The Bertz CT molecular complexity index is 913. The van der Waals surface area contributed by atoms with Gasteiger partial charge in [0.2, 0.25) is 0 Å². The van der Waals surface area contributed by atoms with E-state index in [0.717, 1.165) is 35.4 Å². The SMILES string of the molecule is COc1cccc([C@@H]2NC(=O)c3c(sc4c3CC[C@@H](C(C)(C)C)C4)N2)c1OC. The molecule has 0 bridgehead atoms. The molecule has 2 atom stereocenters. The zero-order chi connectivity index (χ0) is 20.1. The van der Waals surface area contributed by atoms with Crippen molar-refractivity contribution in [1.29, 1.82) is 0 Å². The molecule has 2 aliphatic rings. The molecule has 0 unspecified atom stereocenters. The fraction of sp³-hybridized carbons (Fsp3) is 0.500. The molecule has 2 heterocycles. The van der Waals surface area contributed by atoms with E-state index in [4.69, 9.17) is 9.47 Å². The number of thiophene rings is 1. The smallest absolute Gasteiger partial charge is 0.256 e. The first-order valence-corrected chi connectivity index (χ1v) is 10.6. The molecule has 0 radical (unpaired) electrons. The Morgan fingerprint density at radius 3 is 2.61 bits per heavy atom. The van der Waals surface area contributed by atoms with Crippen LogP contribution in [0.15, 0.2) is 18.2 Å². The van der Waals surface area contributed by atoms with Crippen LogP contribution in [-0.2, 0) is 12.8 Å². The monoisotopic (exact) mass is 400 g/mol. The van der Waals surface area contributed by atoms with Gasteiger partial charge in [-0.2, -0.15) is 0 Å². The van der Waals surface area contributed by atoms with Crippen LogP contribution in [0.1, 0.15) is 59.7 Å². The first-order chi connectivity index (χ1) is 13.3. The molecule has 1 amide bonds. The van der Waals surface area contributed by atoms with Gasteiger partial charge in [0.05, 0.1) is 19.8 Å². The van der Waals surface area contributed by atoms with E-state index in [1.165, 1.54) is 10.4 Å². The molecule has 6 heteroatoms. The molecule has 28 heavy (non-hydrogen) atoms. The molecule has 150 valence electrons. The van der Waals surface area contributed by atoms with Crippen molar-refractivity contribution in [3.63, 3.8) is 0 Å². The number of hydrogen-bond acceptors (Lipinski definition) is 5. The number of anilines is 1. The van der Waals surface area contributed by atoms with Gasteiger partial charge in [0, 0.05) is 10.4 Å². The van der Waals surface area contributed by atoms with Crippen LogP contribution in [0.2, 0.25) is 0 Å². The number of amides is 1. The summed E-state index contributed by atoms with van der Waals surface area (Å²) in [6.45, 7) is 6.94. The Morgan fingerprint density at radius 2 is 1.93 bits per heavy atom. The van der Waals surface area contributed by atoms with E-state index in [1.54, 1.807) is 25.6 Å². The number of nitrogens with one attached hydrogen (secondary N) is 2. The van der Waals surface area contributed by atoms with Crippen LogP contribution in [-0.4, -0.2) is 20.1 Å². The molecule has 1 aliphatic carbocycles. The molecule has 5 nitrogen and oxygen atoms in total. The number of hydrogen-bond donors (Lipinski definition) is 2. The molecule has 1 aromatic heterocycles. The van der Waals surface area contributed by atoms with Crippen molar-refractivity contribution in [3.05, 3.63) is 39.8 Å². The molecule has 4 rings (SSSR count). The second-order valence-electron chi connectivity index (χ2n) is 8.65. The van der Waals surface area contributed by atoms with Crippen molar-refractivity contribution < 1.29 is 14.3 Å². The van der Waals surface area contributed by atoms with Gasteiger partial charge in [-0.3, -0.25) is 4.79 Å². The molecule has 1 aliphatic heterocycles. The quantitative estimate of drug-likeness (QED) is 0.779. The number of rotatable bonds is 3. The third kappa shape index (κ3) is 3.13. The average Bonchev–Trinajstić information content (AvgIpc) is 3.04. The maximum atomic E-state index is 13.0. The number of carbonyl (C=O) groups excluding carboxylic acids is 1. The van der Waals surface area contributed by atoms with Gasteiger partial charge in [-0.1, -0.05) is 32.9 Å². The lowest BCUT2D eigenvalue weighted by Crippen LogP contribution is -2.38. The lowest BCUT2D eigenvalue weighted by Gasteiger charge is -2.34. The molecule has 1 aromatic carbocycles. The van der Waals surface area contributed by atoms with Crippen LogP contribution in [0.3, 0.4) is 0 Å². The van der Waals surface area contributed by atoms with Gasteiger partial charge >= 0.3 is 0 Å². The molecule has 2 N–H and O–H groups in total. The van der Waals surface area contributed by atoms with Crippen LogP contribution in [0.25, 0.3) is 0 Å². The summed E-state index contributed by atoms with van der Waals surface area (Å²) in [6.07, 6.45) is 2.83. The van der Waals surface area contributed by atoms with E-state index < -0.39 is 0 Å². The fourth-order valence-electron chi connectivity index (χ4n) is 4.33. The summed E-state index contributed by atoms with van der Waals surface area (Å²) in [5, 5.41) is 7.62.